The third-order valence-corrected chi connectivity index (χ3v) is 3.15. The Balaban J connectivity index is 1.99. The fraction of sp³-hybridized carbons (Fsp3) is 0.462. The van der Waals surface area contributed by atoms with E-state index in [0.717, 1.165) is 25.8 Å². The van der Waals surface area contributed by atoms with Crippen LogP contribution in [-0.4, -0.2) is 17.6 Å². The molecule has 0 amide bonds. The molecule has 0 saturated heterocycles. The summed E-state index contributed by atoms with van der Waals surface area (Å²) in [6, 6.07) is 8.33. The van der Waals surface area contributed by atoms with E-state index >= 15 is 0 Å². The van der Waals surface area contributed by atoms with Crippen LogP contribution in [-0.2, 0) is 4.79 Å². The van der Waals surface area contributed by atoms with E-state index in [2.05, 4.69) is 23.5 Å². The number of hydrogen-bond donors (Lipinski definition) is 2. The lowest BCUT2D eigenvalue weighted by atomic mass is 9.87. The lowest BCUT2D eigenvalue weighted by Gasteiger charge is -2.26. The van der Waals surface area contributed by atoms with Crippen LogP contribution >= 0.6 is 0 Å². The van der Waals surface area contributed by atoms with Crippen molar-refractivity contribution in [3.05, 3.63) is 29.8 Å². The molecule has 3 heteroatoms. The SMILES string of the molecule is O=C(O)CCCC1CCNc2ccccc21. The molecule has 1 aliphatic heterocycles. The average molecular weight is 219 g/mol. The zero-order valence-corrected chi connectivity index (χ0v) is 9.28. The number of aliphatic carboxylic acids is 1. The number of benzene rings is 1. The van der Waals surface area contributed by atoms with Crippen molar-refractivity contribution in [2.24, 2.45) is 0 Å². The van der Waals surface area contributed by atoms with Crippen LogP contribution in [0.15, 0.2) is 24.3 Å². The third kappa shape index (κ3) is 2.54. The second kappa shape index (κ2) is 5.01. The molecule has 1 aliphatic rings. The van der Waals surface area contributed by atoms with Crippen LogP contribution in [0.3, 0.4) is 0 Å². The standard InChI is InChI=1S/C13H17NO2/c15-13(16)7-3-4-10-8-9-14-12-6-2-1-5-11(10)12/h1-2,5-6,10,14H,3-4,7-9H2,(H,15,16). The molecule has 0 spiro atoms. The minimum absolute atomic E-state index is 0.284. The molecule has 0 radical (unpaired) electrons. The largest absolute Gasteiger partial charge is 0.481 e. The number of carboxylic acids is 1. The number of anilines is 1. The molecule has 2 rings (SSSR count). The minimum Gasteiger partial charge on any atom is -0.481 e. The molecule has 1 atom stereocenters. The van der Waals surface area contributed by atoms with Crippen molar-refractivity contribution >= 4 is 11.7 Å². The van der Waals surface area contributed by atoms with Crippen LogP contribution in [0.25, 0.3) is 0 Å². The normalized spacial score (nSPS) is 18.6. The number of rotatable bonds is 4. The van der Waals surface area contributed by atoms with E-state index in [9.17, 15) is 4.79 Å². The van der Waals surface area contributed by atoms with Gasteiger partial charge in [-0.3, -0.25) is 4.79 Å². The van der Waals surface area contributed by atoms with Crippen molar-refractivity contribution in [2.45, 2.75) is 31.6 Å². The van der Waals surface area contributed by atoms with Gasteiger partial charge in [0.1, 0.15) is 0 Å². The van der Waals surface area contributed by atoms with E-state index in [1.165, 1.54) is 11.3 Å². The van der Waals surface area contributed by atoms with Gasteiger partial charge in [-0.05, 0) is 36.8 Å². The summed E-state index contributed by atoms with van der Waals surface area (Å²) in [5.74, 6) is -0.168. The molecule has 86 valence electrons. The summed E-state index contributed by atoms with van der Waals surface area (Å²) in [4.78, 5) is 10.5. The van der Waals surface area contributed by atoms with Crippen molar-refractivity contribution < 1.29 is 9.90 Å². The van der Waals surface area contributed by atoms with Crippen molar-refractivity contribution in [3.63, 3.8) is 0 Å². The molecule has 0 fully saturated rings. The maximum absolute atomic E-state index is 10.5. The van der Waals surface area contributed by atoms with Gasteiger partial charge in [-0.25, -0.2) is 0 Å². The molecule has 0 bridgehead atoms. The third-order valence-electron chi connectivity index (χ3n) is 3.15. The summed E-state index contributed by atoms with van der Waals surface area (Å²) in [6.45, 7) is 0.995. The van der Waals surface area contributed by atoms with E-state index in [-0.39, 0.29) is 6.42 Å². The fourth-order valence-corrected chi connectivity index (χ4v) is 2.35. The highest BCUT2D eigenvalue weighted by Gasteiger charge is 2.19. The van der Waals surface area contributed by atoms with E-state index in [1.54, 1.807) is 0 Å². The molecule has 1 heterocycles. The van der Waals surface area contributed by atoms with Crippen LogP contribution in [0.1, 0.15) is 37.2 Å². The number of para-hydroxylation sites is 1. The zero-order chi connectivity index (χ0) is 11.4. The molecule has 1 aromatic rings. The summed E-state index contributed by atoms with van der Waals surface area (Å²) in [5.41, 5.74) is 2.56. The first-order valence-electron chi connectivity index (χ1n) is 5.82. The minimum atomic E-state index is -0.692. The summed E-state index contributed by atoms with van der Waals surface area (Å²) in [7, 11) is 0. The predicted octanol–water partition coefficient (Wildman–Crippen LogP) is 2.84. The van der Waals surface area contributed by atoms with Gasteiger partial charge in [0.25, 0.3) is 0 Å². The van der Waals surface area contributed by atoms with Gasteiger partial charge < -0.3 is 10.4 Å². The molecular weight excluding hydrogens is 202 g/mol. The topological polar surface area (TPSA) is 49.3 Å². The lowest BCUT2D eigenvalue weighted by molar-refractivity contribution is -0.137. The Labute approximate surface area is 95.5 Å². The van der Waals surface area contributed by atoms with Gasteiger partial charge in [0.15, 0.2) is 0 Å². The molecular formula is C13H17NO2. The lowest BCUT2D eigenvalue weighted by Crippen LogP contribution is -2.16. The zero-order valence-electron chi connectivity index (χ0n) is 9.28. The number of carbonyl (C=O) groups is 1. The molecule has 0 saturated carbocycles. The van der Waals surface area contributed by atoms with Gasteiger partial charge in [0.05, 0.1) is 0 Å². The predicted molar refractivity (Wildman–Crippen MR) is 63.8 cm³/mol. The van der Waals surface area contributed by atoms with Gasteiger partial charge in [-0.15, -0.1) is 0 Å². The molecule has 0 aromatic heterocycles. The van der Waals surface area contributed by atoms with Crippen molar-refractivity contribution in [2.75, 3.05) is 11.9 Å². The molecule has 1 aromatic carbocycles. The second-order valence-corrected chi connectivity index (χ2v) is 4.29. The Bertz CT molecular complexity index is 376. The van der Waals surface area contributed by atoms with Gasteiger partial charge in [0.2, 0.25) is 0 Å². The number of carboxylic acid groups (broad SMARTS) is 1. The summed E-state index contributed by atoms with van der Waals surface area (Å²) >= 11 is 0. The van der Waals surface area contributed by atoms with Crippen LogP contribution in [0.4, 0.5) is 5.69 Å². The Morgan fingerprint density at radius 2 is 2.25 bits per heavy atom. The maximum atomic E-state index is 10.5. The van der Waals surface area contributed by atoms with E-state index < -0.39 is 5.97 Å². The molecule has 1 unspecified atom stereocenters. The van der Waals surface area contributed by atoms with E-state index in [4.69, 9.17) is 5.11 Å². The van der Waals surface area contributed by atoms with Crippen LogP contribution in [0.5, 0.6) is 0 Å². The Morgan fingerprint density at radius 1 is 1.44 bits per heavy atom. The maximum Gasteiger partial charge on any atom is 0.303 e. The Morgan fingerprint density at radius 3 is 3.06 bits per heavy atom. The molecule has 2 N–H and O–H groups in total. The molecule has 16 heavy (non-hydrogen) atoms. The second-order valence-electron chi connectivity index (χ2n) is 4.29. The van der Waals surface area contributed by atoms with Crippen LogP contribution in [0, 0.1) is 0 Å². The average Bonchev–Trinajstić information content (AvgIpc) is 2.29. The number of hydrogen-bond acceptors (Lipinski definition) is 2. The Hall–Kier alpha value is -1.51. The smallest absolute Gasteiger partial charge is 0.303 e. The summed E-state index contributed by atoms with van der Waals surface area (Å²) < 4.78 is 0. The van der Waals surface area contributed by atoms with Gasteiger partial charge in [-0.2, -0.15) is 0 Å². The quantitative estimate of drug-likeness (QED) is 0.818. The molecule has 3 nitrogen and oxygen atoms in total. The highest BCUT2D eigenvalue weighted by molar-refractivity contribution is 5.66. The van der Waals surface area contributed by atoms with Crippen molar-refractivity contribution in [1.82, 2.24) is 0 Å². The van der Waals surface area contributed by atoms with Crippen LogP contribution < -0.4 is 5.32 Å². The number of nitrogens with one attached hydrogen (secondary N) is 1. The summed E-state index contributed by atoms with van der Waals surface area (Å²) in [6.07, 6.45) is 3.14. The van der Waals surface area contributed by atoms with Crippen molar-refractivity contribution in [1.29, 1.82) is 0 Å². The first kappa shape index (κ1) is 11.0. The van der Waals surface area contributed by atoms with Gasteiger partial charge >= 0.3 is 5.97 Å². The number of fused-ring (bicyclic) bond motifs is 1. The van der Waals surface area contributed by atoms with Gasteiger partial charge in [-0.1, -0.05) is 18.2 Å². The summed E-state index contributed by atoms with van der Waals surface area (Å²) in [5, 5.41) is 12.0. The Kier molecular flexibility index (Phi) is 3.44. The van der Waals surface area contributed by atoms with Crippen molar-refractivity contribution in [3.8, 4) is 0 Å². The first-order valence-corrected chi connectivity index (χ1v) is 5.82. The fourth-order valence-electron chi connectivity index (χ4n) is 2.35. The van der Waals surface area contributed by atoms with E-state index in [0.29, 0.717) is 5.92 Å². The molecule has 0 aliphatic carbocycles. The van der Waals surface area contributed by atoms with E-state index in [1.807, 2.05) is 6.07 Å². The van der Waals surface area contributed by atoms with Gasteiger partial charge in [0, 0.05) is 18.7 Å². The highest BCUT2D eigenvalue weighted by Crippen LogP contribution is 2.34. The van der Waals surface area contributed by atoms with Crippen LogP contribution in [0.2, 0.25) is 0 Å². The first-order chi connectivity index (χ1) is 7.77. The highest BCUT2D eigenvalue weighted by atomic mass is 16.4. The monoisotopic (exact) mass is 219 g/mol.